The minimum atomic E-state index is 0.212. The van der Waals surface area contributed by atoms with Gasteiger partial charge < -0.3 is 4.42 Å². The highest BCUT2D eigenvalue weighted by molar-refractivity contribution is 9.10. The summed E-state index contributed by atoms with van der Waals surface area (Å²) in [6.07, 6.45) is 3.92. The molecule has 4 heteroatoms. The van der Waals surface area contributed by atoms with E-state index in [1.807, 2.05) is 12.1 Å². The molecule has 1 aromatic heterocycles. The number of piperidine rings is 1. The molecule has 1 aromatic carbocycles. The minimum Gasteiger partial charge on any atom is -0.459 e. The number of nitrogens with zero attached hydrogens (tertiary/aromatic N) is 1. The van der Waals surface area contributed by atoms with Crippen LogP contribution in [-0.2, 0) is 0 Å². The number of hydrogen-bond acceptors (Lipinski definition) is 3. The smallest absolute Gasteiger partial charge is 0.134 e. The quantitative estimate of drug-likeness (QED) is 0.915. The van der Waals surface area contributed by atoms with Gasteiger partial charge in [-0.15, -0.1) is 0 Å². The average Bonchev–Trinajstić information content (AvgIpc) is 2.83. The molecule has 3 rings (SSSR count). The fourth-order valence-electron chi connectivity index (χ4n) is 2.61. The third kappa shape index (κ3) is 3.02. The van der Waals surface area contributed by atoms with Crippen LogP contribution in [0.4, 0.5) is 0 Å². The molecule has 0 amide bonds. The molecule has 2 aromatic rings. The first kappa shape index (κ1) is 13.2. The predicted molar refractivity (Wildman–Crippen MR) is 80.9 cm³/mol. The van der Waals surface area contributed by atoms with Gasteiger partial charge in [-0.3, -0.25) is 0 Å². The van der Waals surface area contributed by atoms with Crippen LogP contribution in [0.3, 0.4) is 0 Å². The van der Waals surface area contributed by atoms with Crippen molar-refractivity contribution in [2.75, 3.05) is 13.1 Å². The standard InChI is InChI=1S/C15H19BrN2O/c1-11(17-18-7-3-2-4-8-18)15-10-12-9-13(16)5-6-14(12)19-15/h5-6,9-11,17H,2-4,7-8H2,1H3. The topological polar surface area (TPSA) is 28.4 Å². The van der Waals surface area contributed by atoms with Crippen LogP contribution in [0.15, 0.2) is 33.2 Å². The van der Waals surface area contributed by atoms with E-state index in [0.717, 1.165) is 34.3 Å². The number of halogens is 1. The Morgan fingerprint density at radius 3 is 2.79 bits per heavy atom. The second-order valence-electron chi connectivity index (χ2n) is 5.23. The summed E-state index contributed by atoms with van der Waals surface area (Å²) in [5, 5.41) is 3.47. The Balaban J connectivity index is 1.75. The molecule has 0 radical (unpaired) electrons. The summed E-state index contributed by atoms with van der Waals surface area (Å²) in [6.45, 7) is 4.42. The largest absolute Gasteiger partial charge is 0.459 e. The van der Waals surface area contributed by atoms with Crippen LogP contribution in [0.1, 0.15) is 38.0 Å². The number of fused-ring (bicyclic) bond motifs is 1. The zero-order valence-corrected chi connectivity index (χ0v) is 12.7. The Kier molecular flexibility index (Phi) is 3.91. The van der Waals surface area contributed by atoms with Gasteiger partial charge in [0.05, 0.1) is 6.04 Å². The van der Waals surface area contributed by atoms with Crippen LogP contribution in [0.2, 0.25) is 0 Å². The Morgan fingerprint density at radius 1 is 1.21 bits per heavy atom. The first-order chi connectivity index (χ1) is 9.22. The molecule has 1 unspecified atom stereocenters. The average molecular weight is 323 g/mol. The normalized spacial score (nSPS) is 18.8. The fraction of sp³-hybridized carbons (Fsp3) is 0.467. The zero-order valence-electron chi connectivity index (χ0n) is 11.2. The van der Waals surface area contributed by atoms with Gasteiger partial charge in [0.1, 0.15) is 11.3 Å². The Labute approximate surface area is 122 Å². The van der Waals surface area contributed by atoms with Crippen LogP contribution < -0.4 is 5.43 Å². The first-order valence-electron chi connectivity index (χ1n) is 6.92. The maximum atomic E-state index is 5.92. The van der Waals surface area contributed by atoms with Crippen molar-refractivity contribution in [1.82, 2.24) is 10.4 Å². The van der Waals surface area contributed by atoms with E-state index >= 15 is 0 Å². The number of furan rings is 1. The van der Waals surface area contributed by atoms with Gasteiger partial charge in [-0.25, -0.2) is 10.4 Å². The van der Waals surface area contributed by atoms with Crippen LogP contribution in [0.5, 0.6) is 0 Å². The molecule has 0 spiro atoms. The third-order valence-corrected chi connectivity index (χ3v) is 4.15. The maximum Gasteiger partial charge on any atom is 0.134 e. The van der Waals surface area contributed by atoms with Crippen LogP contribution in [0, 0.1) is 0 Å². The minimum absolute atomic E-state index is 0.212. The van der Waals surface area contributed by atoms with Crippen LogP contribution in [-0.4, -0.2) is 18.1 Å². The van der Waals surface area contributed by atoms with E-state index in [1.54, 1.807) is 0 Å². The fourth-order valence-corrected chi connectivity index (χ4v) is 2.99. The molecule has 1 fully saturated rings. The van der Waals surface area contributed by atoms with Gasteiger partial charge in [0.15, 0.2) is 0 Å². The van der Waals surface area contributed by atoms with Crippen LogP contribution in [0.25, 0.3) is 11.0 Å². The summed E-state index contributed by atoms with van der Waals surface area (Å²) in [5.74, 6) is 0.999. The number of benzene rings is 1. The lowest BCUT2D eigenvalue weighted by molar-refractivity contribution is 0.127. The van der Waals surface area contributed by atoms with E-state index in [4.69, 9.17) is 4.42 Å². The van der Waals surface area contributed by atoms with Gasteiger partial charge in [-0.2, -0.15) is 0 Å². The highest BCUT2D eigenvalue weighted by Crippen LogP contribution is 2.26. The second kappa shape index (κ2) is 5.65. The molecule has 0 bridgehead atoms. The van der Waals surface area contributed by atoms with Crippen molar-refractivity contribution in [3.63, 3.8) is 0 Å². The molecule has 19 heavy (non-hydrogen) atoms. The summed E-state index contributed by atoms with van der Waals surface area (Å²) in [7, 11) is 0. The molecule has 2 heterocycles. The van der Waals surface area contributed by atoms with Gasteiger partial charge >= 0.3 is 0 Å². The summed E-state index contributed by atoms with van der Waals surface area (Å²) in [6, 6.07) is 8.45. The SMILES string of the molecule is CC(NN1CCCCC1)c1cc2cc(Br)ccc2o1. The molecule has 1 atom stereocenters. The summed E-state index contributed by atoms with van der Waals surface area (Å²) >= 11 is 3.49. The van der Waals surface area contributed by atoms with Gasteiger partial charge in [0.2, 0.25) is 0 Å². The van der Waals surface area contributed by atoms with Crippen LogP contribution >= 0.6 is 15.9 Å². The summed E-state index contributed by atoms with van der Waals surface area (Å²) < 4.78 is 7.00. The molecule has 102 valence electrons. The van der Waals surface area contributed by atoms with Crippen molar-refractivity contribution in [3.8, 4) is 0 Å². The third-order valence-electron chi connectivity index (χ3n) is 3.66. The van der Waals surface area contributed by atoms with E-state index in [9.17, 15) is 0 Å². The van der Waals surface area contributed by atoms with E-state index in [0.29, 0.717) is 0 Å². The molecular formula is C15H19BrN2O. The van der Waals surface area contributed by atoms with Gasteiger partial charge in [0, 0.05) is 22.9 Å². The van der Waals surface area contributed by atoms with E-state index in [2.05, 4.69) is 45.4 Å². The molecule has 0 aliphatic carbocycles. The monoisotopic (exact) mass is 322 g/mol. The van der Waals surface area contributed by atoms with E-state index in [1.165, 1.54) is 19.3 Å². The van der Waals surface area contributed by atoms with Crippen molar-refractivity contribution < 1.29 is 4.42 Å². The summed E-state index contributed by atoms with van der Waals surface area (Å²) in [4.78, 5) is 0. The van der Waals surface area contributed by atoms with Crippen molar-refractivity contribution in [2.45, 2.75) is 32.2 Å². The van der Waals surface area contributed by atoms with Crippen molar-refractivity contribution in [2.24, 2.45) is 0 Å². The Morgan fingerprint density at radius 2 is 2.00 bits per heavy atom. The molecule has 1 aliphatic rings. The van der Waals surface area contributed by atoms with Gasteiger partial charge in [0.25, 0.3) is 0 Å². The number of hydrogen-bond donors (Lipinski definition) is 1. The number of nitrogens with one attached hydrogen (secondary N) is 1. The second-order valence-corrected chi connectivity index (χ2v) is 6.15. The Hall–Kier alpha value is -0.840. The summed E-state index contributed by atoms with van der Waals surface area (Å²) in [5.41, 5.74) is 4.49. The van der Waals surface area contributed by atoms with E-state index in [-0.39, 0.29) is 6.04 Å². The maximum absolute atomic E-state index is 5.92. The highest BCUT2D eigenvalue weighted by atomic mass is 79.9. The van der Waals surface area contributed by atoms with E-state index < -0.39 is 0 Å². The highest BCUT2D eigenvalue weighted by Gasteiger charge is 2.16. The zero-order chi connectivity index (χ0) is 13.2. The van der Waals surface area contributed by atoms with Gasteiger partial charge in [-0.1, -0.05) is 22.4 Å². The lowest BCUT2D eigenvalue weighted by atomic mass is 10.1. The number of rotatable bonds is 3. The molecule has 1 saturated heterocycles. The predicted octanol–water partition coefficient (Wildman–Crippen LogP) is 4.25. The first-order valence-corrected chi connectivity index (χ1v) is 7.72. The lowest BCUT2D eigenvalue weighted by Gasteiger charge is -2.29. The molecule has 1 aliphatic heterocycles. The molecule has 3 nitrogen and oxygen atoms in total. The number of hydrazine groups is 1. The van der Waals surface area contributed by atoms with Crippen molar-refractivity contribution in [3.05, 3.63) is 34.5 Å². The van der Waals surface area contributed by atoms with Crippen molar-refractivity contribution in [1.29, 1.82) is 0 Å². The molecule has 0 saturated carbocycles. The van der Waals surface area contributed by atoms with Gasteiger partial charge in [-0.05, 0) is 44.0 Å². The lowest BCUT2D eigenvalue weighted by Crippen LogP contribution is -2.42. The van der Waals surface area contributed by atoms with Crippen molar-refractivity contribution >= 4 is 26.9 Å². The molecular weight excluding hydrogens is 304 g/mol. The molecule has 1 N–H and O–H groups in total. The Bertz CT molecular complexity index is 560.